The molecule has 0 bridgehead atoms. The van der Waals surface area contributed by atoms with Gasteiger partial charge in [0.05, 0.1) is 12.2 Å². The maximum absolute atomic E-state index is 5.75. The molecule has 0 radical (unpaired) electrons. The van der Waals surface area contributed by atoms with Gasteiger partial charge in [-0.25, -0.2) is 0 Å². The molecule has 3 heteroatoms. The molecule has 0 spiro atoms. The molecule has 0 aromatic heterocycles. The van der Waals surface area contributed by atoms with Crippen LogP contribution in [-0.2, 0) is 9.47 Å². The van der Waals surface area contributed by atoms with Crippen LogP contribution in [-0.4, -0.2) is 43.1 Å². The first kappa shape index (κ1) is 16.6. The summed E-state index contributed by atoms with van der Waals surface area (Å²) in [5.41, 5.74) is 0.215. The summed E-state index contributed by atoms with van der Waals surface area (Å²) in [7, 11) is 0. The zero-order chi connectivity index (χ0) is 13.4. The zero-order valence-electron chi connectivity index (χ0n) is 12.8. The van der Waals surface area contributed by atoms with Gasteiger partial charge >= 0.3 is 42.6 Å². The molecule has 2 atom stereocenters. The van der Waals surface area contributed by atoms with Crippen LogP contribution in [0.2, 0.25) is 5.09 Å². The quantitative estimate of drug-likeness (QED) is 0.705. The van der Waals surface area contributed by atoms with Crippen molar-refractivity contribution >= 4 is 17.7 Å². The fourth-order valence-electron chi connectivity index (χ4n) is 2.89. The van der Waals surface area contributed by atoms with Crippen molar-refractivity contribution < 1.29 is 9.47 Å². The molecule has 2 rings (SSSR count). The van der Waals surface area contributed by atoms with Crippen LogP contribution >= 0.6 is 0 Å². The Kier molecular flexibility index (Phi) is 7.96. The molecule has 2 nitrogen and oxygen atoms in total. The Morgan fingerprint density at radius 1 is 1.06 bits per heavy atom. The average molecular weight is 248 g/mol. The average Bonchev–Trinajstić information content (AvgIpc) is 3.05. The van der Waals surface area contributed by atoms with E-state index in [2.05, 4.69) is 38.5 Å². The van der Waals surface area contributed by atoms with E-state index in [0.717, 1.165) is 13.2 Å². The van der Waals surface area contributed by atoms with Gasteiger partial charge in [-0.1, -0.05) is 13.8 Å². The van der Waals surface area contributed by atoms with Gasteiger partial charge < -0.3 is 9.47 Å². The molecule has 0 aliphatic carbocycles. The standard InChI is InChI=1S/C11H20O2.C4H9.Li/c1-11(2,9-5-3-7-12-9)10-6-4-8-13-10;1-3-4-2;/h9-10H,3-8H2,1-2H3;1,3-4H2,2H3;. The molecule has 0 aromatic carbocycles. The van der Waals surface area contributed by atoms with Crippen molar-refractivity contribution in [3.63, 3.8) is 0 Å². The molecular formula is C15H29LiO2. The molecule has 2 saturated heterocycles. The Balaban J connectivity index is 0.000000280. The van der Waals surface area contributed by atoms with Gasteiger partial charge in [0.1, 0.15) is 0 Å². The van der Waals surface area contributed by atoms with Crippen LogP contribution in [0.1, 0.15) is 59.3 Å². The molecule has 2 unspecified atom stereocenters. The molecular weight excluding hydrogens is 219 g/mol. The first-order valence-corrected chi connectivity index (χ1v) is 7.86. The summed E-state index contributed by atoms with van der Waals surface area (Å²) in [6, 6.07) is 0. The zero-order valence-corrected chi connectivity index (χ0v) is 12.8. The molecule has 2 fully saturated rings. The molecule has 0 saturated carbocycles. The van der Waals surface area contributed by atoms with E-state index in [-0.39, 0.29) is 5.41 Å². The van der Waals surface area contributed by atoms with Crippen molar-refractivity contribution in [2.75, 3.05) is 13.2 Å². The Bertz CT molecular complexity index is 187. The summed E-state index contributed by atoms with van der Waals surface area (Å²) in [6.07, 6.45) is 8.46. The third-order valence-corrected chi connectivity index (χ3v) is 4.23. The van der Waals surface area contributed by atoms with Crippen LogP contribution in [0.15, 0.2) is 0 Å². The van der Waals surface area contributed by atoms with Gasteiger partial charge in [-0.3, -0.25) is 0 Å². The number of hydrogen-bond acceptors (Lipinski definition) is 2. The van der Waals surface area contributed by atoms with Crippen molar-refractivity contribution in [1.82, 2.24) is 0 Å². The van der Waals surface area contributed by atoms with Crippen molar-refractivity contribution in [1.29, 1.82) is 0 Å². The fraction of sp³-hybridized carbons (Fsp3) is 1.00. The van der Waals surface area contributed by atoms with Gasteiger partial charge in [0.2, 0.25) is 0 Å². The van der Waals surface area contributed by atoms with Gasteiger partial charge in [0, 0.05) is 18.6 Å². The molecule has 102 valence electrons. The fourth-order valence-corrected chi connectivity index (χ4v) is 2.89. The summed E-state index contributed by atoms with van der Waals surface area (Å²) in [5, 5.41) is 1.34. The van der Waals surface area contributed by atoms with E-state index >= 15 is 0 Å². The minimum atomic E-state index is 0.215. The molecule has 0 amide bonds. The van der Waals surface area contributed by atoms with E-state index in [4.69, 9.17) is 9.47 Å². The maximum atomic E-state index is 5.75. The summed E-state index contributed by atoms with van der Waals surface area (Å²) in [5.74, 6) is 0. The van der Waals surface area contributed by atoms with E-state index in [1.165, 1.54) is 43.6 Å². The second kappa shape index (κ2) is 8.64. The number of unbranched alkanes of at least 4 members (excludes halogenated alkanes) is 1. The third kappa shape index (κ3) is 4.89. The molecule has 2 heterocycles. The van der Waals surface area contributed by atoms with Gasteiger partial charge in [-0.05, 0) is 25.7 Å². The van der Waals surface area contributed by atoms with Crippen molar-refractivity contribution in [2.45, 2.75) is 76.6 Å². The second-order valence-electron chi connectivity index (χ2n) is 6.18. The Hall–Kier alpha value is 0.517. The molecule has 18 heavy (non-hydrogen) atoms. The van der Waals surface area contributed by atoms with Gasteiger partial charge in [0.15, 0.2) is 0 Å². The van der Waals surface area contributed by atoms with Crippen LogP contribution in [0.25, 0.3) is 0 Å². The number of ether oxygens (including phenoxy) is 2. The van der Waals surface area contributed by atoms with Crippen molar-refractivity contribution in [3.05, 3.63) is 0 Å². The first-order chi connectivity index (χ1) is 8.62. The Morgan fingerprint density at radius 3 is 1.78 bits per heavy atom. The minimum absolute atomic E-state index is 0.215. The van der Waals surface area contributed by atoms with E-state index in [0.29, 0.717) is 12.2 Å². The van der Waals surface area contributed by atoms with Crippen molar-refractivity contribution in [3.8, 4) is 0 Å². The van der Waals surface area contributed by atoms with Gasteiger partial charge in [-0.15, -0.1) is 0 Å². The Morgan fingerprint density at radius 2 is 1.56 bits per heavy atom. The summed E-state index contributed by atoms with van der Waals surface area (Å²) in [6.45, 7) is 8.68. The summed E-state index contributed by atoms with van der Waals surface area (Å²) in [4.78, 5) is 0. The van der Waals surface area contributed by atoms with E-state index in [1.807, 2.05) is 0 Å². The topological polar surface area (TPSA) is 18.5 Å². The second-order valence-corrected chi connectivity index (χ2v) is 6.18. The Labute approximate surface area is 122 Å². The number of hydrogen-bond donors (Lipinski definition) is 0. The van der Waals surface area contributed by atoms with Gasteiger partial charge in [-0.2, -0.15) is 0 Å². The SMILES string of the molecule is CC(C)(C1CCCO1)C1CCCO1.[Li][CH2]CCC. The van der Waals surface area contributed by atoms with Crippen LogP contribution in [0.4, 0.5) is 0 Å². The van der Waals surface area contributed by atoms with E-state index in [9.17, 15) is 0 Å². The first-order valence-electron chi connectivity index (χ1n) is 7.86. The predicted octanol–water partition coefficient (Wildman–Crippen LogP) is 3.74. The summed E-state index contributed by atoms with van der Waals surface area (Å²) < 4.78 is 11.5. The van der Waals surface area contributed by atoms with Crippen LogP contribution in [0.3, 0.4) is 0 Å². The van der Waals surface area contributed by atoms with E-state index < -0.39 is 0 Å². The third-order valence-electron chi connectivity index (χ3n) is 4.23. The predicted molar refractivity (Wildman–Crippen MR) is 77.2 cm³/mol. The van der Waals surface area contributed by atoms with Crippen LogP contribution in [0, 0.1) is 5.41 Å². The molecule has 2 aliphatic heterocycles. The van der Waals surface area contributed by atoms with Crippen LogP contribution < -0.4 is 0 Å². The molecule has 2 aliphatic rings. The normalized spacial score (nSPS) is 28.1. The monoisotopic (exact) mass is 248 g/mol. The molecule has 0 N–H and O–H groups in total. The molecule has 0 aromatic rings. The number of rotatable bonds is 4. The van der Waals surface area contributed by atoms with Crippen LogP contribution in [0.5, 0.6) is 0 Å². The summed E-state index contributed by atoms with van der Waals surface area (Å²) >= 11 is 2.21. The van der Waals surface area contributed by atoms with Crippen molar-refractivity contribution in [2.24, 2.45) is 5.41 Å². The van der Waals surface area contributed by atoms with E-state index in [1.54, 1.807) is 0 Å². The van der Waals surface area contributed by atoms with Gasteiger partial charge in [0.25, 0.3) is 0 Å².